The number of azo groups is 1. The van der Waals surface area contributed by atoms with Crippen LogP contribution in [-0.4, -0.2) is 342 Å². The normalized spacial score (nSPS) is 16.1. The molecule has 3 aliphatic heterocycles. The van der Waals surface area contributed by atoms with E-state index in [9.17, 15) is 89.5 Å². The summed E-state index contributed by atoms with van der Waals surface area (Å²) in [5.41, 5.74) is 9.38. The number of carbonyl (C=O) groups excluding carboxylic acids is 6. The van der Waals surface area contributed by atoms with Crippen molar-refractivity contribution in [1.82, 2.24) is 55.2 Å². The second kappa shape index (κ2) is 46.3. The van der Waals surface area contributed by atoms with Crippen LogP contribution in [0.1, 0.15) is 60.0 Å². The predicted octanol–water partition coefficient (Wildman–Crippen LogP) is 3.33. The number of aryl methyl sites for hydroxylation is 2. The lowest BCUT2D eigenvalue weighted by Crippen LogP contribution is -2.52. The number of ether oxygens (including phenoxy) is 5. The number of phenolic OH excluding ortho intramolecular Hbond substituents is 1. The van der Waals surface area contributed by atoms with Crippen LogP contribution >= 0.6 is 0 Å². The van der Waals surface area contributed by atoms with Gasteiger partial charge in [-0.15, -0.1) is 5.11 Å². The van der Waals surface area contributed by atoms with Gasteiger partial charge in [-0.05, 0) is 116 Å². The van der Waals surface area contributed by atoms with Crippen molar-refractivity contribution in [3.8, 4) is 22.6 Å². The maximum atomic E-state index is 14.1. The monoisotopic (exact) mass is 1740 g/mol. The number of anilines is 2. The fourth-order valence-electron chi connectivity index (χ4n) is 14.1. The number of aromatic nitrogens is 1. The molecule has 0 spiro atoms. The number of amides is 6. The molecule has 3 fully saturated rings. The first-order valence-corrected chi connectivity index (χ1v) is 42.6. The molecule has 6 aromatic rings. The van der Waals surface area contributed by atoms with Crippen molar-refractivity contribution >= 4 is 118 Å². The first-order chi connectivity index (χ1) is 58.3. The fraction of sp³-hybridized carbons (Fsp3) is 0.487. The van der Waals surface area contributed by atoms with Crippen LogP contribution in [0, 0.1) is 20.4 Å². The maximum absolute atomic E-state index is 14.1. The van der Waals surface area contributed by atoms with E-state index in [1.54, 1.807) is 88.0 Å². The molecule has 4 heterocycles. The van der Waals surface area contributed by atoms with E-state index in [-0.39, 0.29) is 187 Å². The van der Waals surface area contributed by atoms with Crippen LogP contribution in [0.5, 0.6) is 11.5 Å². The zero-order chi connectivity index (χ0) is 88.0. The Morgan fingerprint density at radius 3 is 1.73 bits per heavy atom. The molecule has 12 N–H and O–H groups in total. The van der Waals surface area contributed by atoms with Gasteiger partial charge in [0.2, 0.25) is 29.5 Å². The van der Waals surface area contributed by atoms with E-state index in [1.807, 2.05) is 11.0 Å². The summed E-state index contributed by atoms with van der Waals surface area (Å²) < 4.78 is 97.0. The highest BCUT2D eigenvalue weighted by atomic mass is 32.2. The number of phenols is 1. The Balaban J connectivity index is 0.693. The molecule has 122 heavy (non-hydrogen) atoms. The van der Waals surface area contributed by atoms with E-state index in [0.717, 1.165) is 37.1 Å². The number of piperazine rings is 1. The Bertz CT molecular complexity index is 5000. The Labute approximate surface area is 704 Å². The van der Waals surface area contributed by atoms with Gasteiger partial charge in [0.1, 0.15) is 27.3 Å². The molecule has 5 aromatic carbocycles. The summed E-state index contributed by atoms with van der Waals surface area (Å²) >= 11 is 0. The fourth-order valence-corrected chi connectivity index (χ4v) is 15.5. The number of nitrogens with two attached hydrogens (primary N) is 1. The van der Waals surface area contributed by atoms with Gasteiger partial charge in [-0.1, -0.05) is 18.2 Å². The van der Waals surface area contributed by atoms with Gasteiger partial charge in [-0.25, -0.2) is 6.57 Å². The minimum Gasteiger partial charge on any atom is -0.505 e. The number of pyridine rings is 1. The molecule has 9 rings (SSSR count). The number of carbonyl (C=O) groups is 9. The average molecular weight is 1740 g/mol. The van der Waals surface area contributed by atoms with Gasteiger partial charge in [0.25, 0.3) is 26.1 Å². The van der Waals surface area contributed by atoms with Crippen molar-refractivity contribution in [2.24, 2.45) is 10.2 Å². The molecule has 0 bridgehead atoms. The Morgan fingerprint density at radius 2 is 1.15 bits per heavy atom. The van der Waals surface area contributed by atoms with Crippen LogP contribution in [0.2, 0.25) is 0 Å². The number of fused-ring (bicyclic) bond motifs is 2. The Hall–Kier alpha value is -11.0. The minimum atomic E-state index is -5.14. The molecule has 1 unspecified atom stereocenters. The molecule has 3 aliphatic rings. The molecule has 6 amide bonds. The quantitative estimate of drug-likeness (QED) is 0.00860. The number of carboxylic acids is 3. The number of hydrogen-bond donors (Lipinski definition) is 11. The SMILES string of the molecule is [C-]#[N+][C@@H]1CCCN1C(=O)CNC(=O)c1ccnc2ccc(OCCCN3CCN(C(=O)CCOCCOCCOCCOCCNC(=O)C(CCC(=O)Nc4ccc(-c5ccc(N=Nc6ccc7c(S(=O)(=O)O)cc(S(=O)(=O)O)c(N)c7c6O)c(C)c5)cc4C)NC(=O)CN4CCN(CC(=O)O)CCN(CC(=O)O)CCN(CC(=O)O)CC4)CC3)cc12. The topological polar surface area (TPSA) is 528 Å². The molecule has 660 valence electrons. The first-order valence-electron chi connectivity index (χ1n) is 39.7. The Kier molecular flexibility index (Phi) is 36.0. The van der Waals surface area contributed by atoms with E-state index in [4.69, 9.17) is 36.0 Å². The van der Waals surface area contributed by atoms with E-state index in [1.165, 1.54) is 11.1 Å². The van der Waals surface area contributed by atoms with Crippen LogP contribution in [-0.2, 0) is 77.5 Å². The molecular formula is C80H104N16O24S2. The average Bonchev–Trinajstić information content (AvgIpc) is 0.849. The van der Waals surface area contributed by atoms with Gasteiger partial charge in [0.05, 0.1) is 126 Å². The van der Waals surface area contributed by atoms with Crippen LogP contribution in [0.3, 0.4) is 0 Å². The van der Waals surface area contributed by atoms with E-state index >= 15 is 0 Å². The highest BCUT2D eigenvalue weighted by Gasteiger charge is 2.34. The van der Waals surface area contributed by atoms with Crippen molar-refractivity contribution in [1.29, 1.82) is 0 Å². The van der Waals surface area contributed by atoms with Gasteiger partial charge in [-0.3, -0.25) is 91.5 Å². The second-order valence-electron chi connectivity index (χ2n) is 29.3. The van der Waals surface area contributed by atoms with Crippen LogP contribution in [0.4, 0.5) is 22.7 Å². The molecule has 42 heteroatoms. The lowest BCUT2D eigenvalue weighted by atomic mass is 10.00. The number of carboxylic acid groups (broad SMARTS) is 3. The van der Waals surface area contributed by atoms with Gasteiger partial charge in [-0.2, -0.15) is 21.9 Å². The standard InChI is InChI=1S/C80H104N16O24S2/c1-53-44-55(56-8-12-62(54(2)45-56)88-89-64-14-10-59-66(121(110,111)112)47-67(122(113,114)115)77(81)76(59)78(64)107)7-11-61(53)86-69(97)16-15-65(87-70(98)49-91-23-25-92(50-73(101)102)27-29-94(52-75(105)106)30-28-93(26-24-91)51-74(103)104)80(109)84-20-37-117-39-41-119-43-42-118-40-38-116-36-18-71(99)95-33-31-90(32-34-95)21-5-35-120-57-9-13-63-60(46-57)58(17-19-83-63)79(108)85-48-72(100)96-22-4-6-68(96)82-3/h7-14,17,19,44-47,65,68,107H,4-6,15-16,18,20-43,48-52,81H2,1-2H3,(H,84,109)(H,85,108)(H,86,97)(H,87,98)(H,101,102)(H,103,104)(H,105,106)(H,110,111,112)(H,113,114,115)/t65?,68-/m0/s1. The number of hydrogen-bond acceptors (Lipinski definition) is 28. The molecule has 0 radical (unpaired) electrons. The lowest BCUT2D eigenvalue weighted by Gasteiger charge is -2.34. The smallest absolute Gasteiger partial charge is 0.317 e. The van der Waals surface area contributed by atoms with Crippen LogP contribution < -0.4 is 31.7 Å². The van der Waals surface area contributed by atoms with E-state index in [0.29, 0.717) is 102 Å². The van der Waals surface area contributed by atoms with E-state index in [2.05, 4.69) is 46.2 Å². The predicted molar refractivity (Wildman–Crippen MR) is 443 cm³/mol. The minimum absolute atomic E-state index is 0.00107. The van der Waals surface area contributed by atoms with E-state index < -0.39 is 101 Å². The summed E-state index contributed by atoms with van der Waals surface area (Å²) in [7, 11) is -10.2. The lowest BCUT2D eigenvalue weighted by molar-refractivity contribution is -0.140. The number of likely N-dealkylation sites (tertiary alicyclic amines) is 1. The molecule has 2 atom stereocenters. The van der Waals surface area contributed by atoms with Crippen molar-refractivity contribution in [3.63, 3.8) is 0 Å². The van der Waals surface area contributed by atoms with Crippen molar-refractivity contribution < 1.29 is 113 Å². The Morgan fingerprint density at radius 1 is 0.590 bits per heavy atom. The first kappa shape index (κ1) is 94.8. The number of aliphatic carboxylic acids is 3. The molecule has 0 saturated carbocycles. The number of nitrogens with one attached hydrogen (secondary N) is 4. The van der Waals surface area contributed by atoms with Gasteiger partial charge < -0.3 is 76.0 Å². The summed E-state index contributed by atoms with van der Waals surface area (Å²) in [6.45, 7) is 16.2. The van der Waals surface area contributed by atoms with Crippen molar-refractivity contribution in [2.45, 2.75) is 74.4 Å². The number of benzene rings is 5. The highest BCUT2D eigenvalue weighted by molar-refractivity contribution is 7.87. The maximum Gasteiger partial charge on any atom is 0.317 e. The van der Waals surface area contributed by atoms with Gasteiger partial charge in [0, 0.05) is 134 Å². The number of rotatable bonds is 42. The zero-order valence-electron chi connectivity index (χ0n) is 67.8. The van der Waals surface area contributed by atoms with Gasteiger partial charge >= 0.3 is 24.1 Å². The molecule has 1 aromatic heterocycles. The van der Waals surface area contributed by atoms with Gasteiger partial charge in [0.15, 0.2) is 5.75 Å². The zero-order valence-corrected chi connectivity index (χ0v) is 69.5. The summed E-state index contributed by atoms with van der Waals surface area (Å²) in [4.78, 5) is 135. The van der Waals surface area contributed by atoms with Crippen molar-refractivity contribution in [2.75, 3.05) is 201 Å². The number of nitrogens with zero attached hydrogens (tertiary/aromatic N) is 11. The summed E-state index contributed by atoms with van der Waals surface area (Å²) in [5, 5.41) is 59.4. The third-order valence-electron chi connectivity index (χ3n) is 20.5. The van der Waals surface area contributed by atoms with Crippen molar-refractivity contribution in [3.05, 3.63) is 113 Å². The highest BCUT2D eigenvalue weighted by Crippen LogP contribution is 2.44. The molecule has 0 aliphatic carbocycles. The summed E-state index contributed by atoms with van der Waals surface area (Å²) in [5.74, 6) is -6.09. The molecular weight excluding hydrogens is 1630 g/mol. The van der Waals surface area contributed by atoms with Crippen LogP contribution in [0.25, 0.3) is 37.6 Å². The third-order valence-corrected chi connectivity index (χ3v) is 22.3. The second-order valence-corrected chi connectivity index (χ2v) is 32.1. The summed E-state index contributed by atoms with van der Waals surface area (Å²) in [6, 6.07) is 18.8. The largest absolute Gasteiger partial charge is 0.505 e. The summed E-state index contributed by atoms with van der Waals surface area (Å²) in [6.07, 6.45) is 2.93. The number of nitrogen functional groups attached to an aromatic ring is 1. The molecule has 3 saturated heterocycles. The van der Waals surface area contributed by atoms with Crippen LogP contribution in [0.15, 0.2) is 105 Å². The molecule has 40 nitrogen and oxygen atoms in total. The third kappa shape index (κ3) is 29.1. The number of aromatic hydroxyl groups is 1.